The van der Waals surface area contributed by atoms with Crippen molar-refractivity contribution in [2.75, 3.05) is 13.6 Å². The summed E-state index contributed by atoms with van der Waals surface area (Å²) in [6, 6.07) is 10.6. The van der Waals surface area contributed by atoms with E-state index >= 15 is 0 Å². The van der Waals surface area contributed by atoms with Gasteiger partial charge in [-0.2, -0.15) is 0 Å². The average molecular weight is 430 g/mol. The highest BCUT2D eigenvalue weighted by Crippen LogP contribution is 2.06. The SMILES string of the molecule is CCNC(=NCc1ccc(F)cc1)N(C)Cc1cccn1C.I. The molecular formula is C17H24FIN4. The number of hydrogen-bond acceptors (Lipinski definition) is 1. The summed E-state index contributed by atoms with van der Waals surface area (Å²) in [5.41, 5.74) is 2.21. The summed E-state index contributed by atoms with van der Waals surface area (Å²) in [7, 11) is 4.05. The molecule has 6 heteroatoms. The highest BCUT2D eigenvalue weighted by atomic mass is 127. The van der Waals surface area contributed by atoms with E-state index in [-0.39, 0.29) is 29.8 Å². The summed E-state index contributed by atoms with van der Waals surface area (Å²) < 4.78 is 15.0. The van der Waals surface area contributed by atoms with Gasteiger partial charge in [-0.25, -0.2) is 9.38 Å². The topological polar surface area (TPSA) is 32.6 Å². The van der Waals surface area contributed by atoms with Crippen molar-refractivity contribution in [3.8, 4) is 0 Å². The third-order valence-electron chi connectivity index (χ3n) is 3.47. The molecule has 0 aliphatic heterocycles. The second-order valence-electron chi connectivity index (χ2n) is 5.26. The standard InChI is InChI=1S/C17H23FN4.HI/c1-4-19-17(20-12-14-7-9-15(18)10-8-14)22(3)13-16-6-5-11-21(16)2;/h5-11H,4,12-13H2,1-3H3,(H,19,20);1H. The fourth-order valence-electron chi connectivity index (χ4n) is 2.20. The first-order valence-corrected chi connectivity index (χ1v) is 7.44. The number of nitrogens with one attached hydrogen (secondary N) is 1. The first-order valence-electron chi connectivity index (χ1n) is 7.44. The first-order chi connectivity index (χ1) is 10.6. The molecule has 0 aliphatic rings. The number of halogens is 2. The van der Waals surface area contributed by atoms with Gasteiger partial charge in [0.25, 0.3) is 0 Å². The number of benzene rings is 1. The molecule has 0 saturated carbocycles. The van der Waals surface area contributed by atoms with Crippen molar-refractivity contribution in [3.05, 3.63) is 59.7 Å². The fraction of sp³-hybridized carbons (Fsp3) is 0.353. The van der Waals surface area contributed by atoms with Crippen molar-refractivity contribution in [2.24, 2.45) is 12.0 Å². The molecule has 1 heterocycles. The lowest BCUT2D eigenvalue weighted by Gasteiger charge is -2.22. The maximum absolute atomic E-state index is 12.9. The van der Waals surface area contributed by atoms with Gasteiger partial charge in [0.2, 0.25) is 0 Å². The largest absolute Gasteiger partial charge is 0.357 e. The van der Waals surface area contributed by atoms with Crippen molar-refractivity contribution in [3.63, 3.8) is 0 Å². The maximum atomic E-state index is 12.9. The number of rotatable bonds is 5. The normalized spacial score (nSPS) is 11.0. The molecule has 0 amide bonds. The van der Waals surface area contributed by atoms with Crippen LogP contribution in [0, 0.1) is 5.82 Å². The van der Waals surface area contributed by atoms with Gasteiger partial charge in [-0.1, -0.05) is 12.1 Å². The zero-order valence-electron chi connectivity index (χ0n) is 13.8. The van der Waals surface area contributed by atoms with Crippen LogP contribution >= 0.6 is 24.0 Å². The van der Waals surface area contributed by atoms with Crippen molar-refractivity contribution in [1.82, 2.24) is 14.8 Å². The van der Waals surface area contributed by atoms with Gasteiger partial charge in [0, 0.05) is 32.5 Å². The lowest BCUT2D eigenvalue weighted by molar-refractivity contribution is 0.462. The van der Waals surface area contributed by atoms with E-state index in [9.17, 15) is 4.39 Å². The van der Waals surface area contributed by atoms with Gasteiger partial charge in [-0.15, -0.1) is 24.0 Å². The third-order valence-corrected chi connectivity index (χ3v) is 3.47. The van der Waals surface area contributed by atoms with Gasteiger partial charge in [0.15, 0.2) is 5.96 Å². The van der Waals surface area contributed by atoms with Crippen LogP contribution in [-0.4, -0.2) is 29.0 Å². The number of aliphatic imine (C=N–C) groups is 1. The minimum Gasteiger partial charge on any atom is -0.357 e. The molecule has 0 fully saturated rings. The van der Waals surface area contributed by atoms with Crippen LogP contribution in [0.1, 0.15) is 18.2 Å². The van der Waals surface area contributed by atoms with E-state index in [1.165, 1.54) is 17.8 Å². The molecule has 0 bridgehead atoms. The highest BCUT2D eigenvalue weighted by Gasteiger charge is 2.08. The van der Waals surface area contributed by atoms with Crippen molar-refractivity contribution >= 4 is 29.9 Å². The average Bonchev–Trinajstić information content (AvgIpc) is 2.90. The van der Waals surface area contributed by atoms with Gasteiger partial charge in [-0.3, -0.25) is 0 Å². The van der Waals surface area contributed by atoms with E-state index in [1.54, 1.807) is 12.1 Å². The molecule has 1 N–H and O–H groups in total. The predicted molar refractivity (Wildman–Crippen MR) is 104 cm³/mol. The molecule has 1 aromatic heterocycles. The minimum absolute atomic E-state index is 0. The monoisotopic (exact) mass is 430 g/mol. The van der Waals surface area contributed by atoms with E-state index < -0.39 is 0 Å². The zero-order valence-corrected chi connectivity index (χ0v) is 16.1. The molecule has 23 heavy (non-hydrogen) atoms. The second kappa shape index (κ2) is 9.54. The van der Waals surface area contributed by atoms with Gasteiger partial charge in [0.1, 0.15) is 5.82 Å². The second-order valence-corrected chi connectivity index (χ2v) is 5.26. The van der Waals surface area contributed by atoms with Crippen LogP contribution in [0.25, 0.3) is 0 Å². The van der Waals surface area contributed by atoms with Crippen LogP contribution in [-0.2, 0) is 20.1 Å². The summed E-state index contributed by atoms with van der Waals surface area (Å²) in [4.78, 5) is 6.71. The van der Waals surface area contributed by atoms with Crippen LogP contribution in [0.2, 0.25) is 0 Å². The summed E-state index contributed by atoms with van der Waals surface area (Å²) in [6.45, 7) is 4.16. The predicted octanol–water partition coefficient (Wildman–Crippen LogP) is 3.38. The molecule has 0 atom stereocenters. The molecule has 0 radical (unpaired) electrons. The highest BCUT2D eigenvalue weighted by molar-refractivity contribution is 14.0. The van der Waals surface area contributed by atoms with Gasteiger partial charge < -0.3 is 14.8 Å². The molecule has 0 unspecified atom stereocenters. The van der Waals surface area contributed by atoms with E-state index in [0.717, 1.165) is 24.6 Å². The zero-order chi connectivity index (χ0) is 15.9. The Kier molecular flexibility index (Phi) is 8.08. The number of aromatic nitrogens is 1. The van der Waals surface area contributed by atoms with Crippen LogP contribution < -0.4 is 5.32 Å². The summed E-state index contributed by atoms with van der Waals surface area (Å²) in [5.74, 6) is 0.619. The number of guanidine groups is 1. The Morgan fingerprint density at radius 1 is 1.26 bits per heavy atom. The Balaban J connectivity index is 0.00000264. The Labute approximate surface area is 154 Å². The van der Waals surface area contributed by atoms with Crippen LogP contribution in [0.15, 0.2) is 47.6 Å². The van der Waals surface area contributed by atoms with Gasteiger partial charge in [0.05, 0.1) is 13.1 Å². The Hall–Kier alpha value is -1.57. The number of nitrogens with zero attached hydrogens (tertiary/aromatic N) is 3. The molecule has 126 valence electrons. The molecule has 2 aromatic rings. The summed E-state index contributed by atoms with van der Waals surface area (Å²) in [5, 5.41) is 3.29. The fourth-order valence-corrected chi connectivity index (χ4v) is 2.20. The maximum Gasteiger partial charge on any atom is 0.194 e. The van der Waals surface area contributed by atoms with E-state index in [2.05, 4.69) is 25.8 Å². The quantitative estimate of drug-likeness (QED) is 0.448. The smallest absolute Gasteiger partial charge is 0.194 e. The van der Waals surface area contributed by atoms with E-state index in [0.29, 0.717) is 6.54 Å². The van der Waals surface area contributed by atoms with Crippen molar-refractivity contribution in [2.45, 2.75) is 20.0 Å². The molecule has 0 saturated heterocycles. The van der Waals surface area contributed by atoms with E-state index in [4.69, 9.17) is 0 Å². The van der Waals surface area contributed by atoms with Crippen LogP contribution in [0.5, 0.6) is 0 Å². The van der Waals surface area contributed by atoms with Gasteiger partial charge in [-0.05, 0) is 36.8 Å². The minimum atomic E-state index is -0.222. The Bertz CT molecular complexity index is 622. The van der Waals surface area contributed by atoms with Gasteiger partial charge >= 0.3 is 0 Å². The molecule has 4 nitrogen and oxygen atoms in total. The summed E-state index contributed by atoms with van der Waals surface area (Å²) >= 11 is 0. The first kappa shape index (κ1) is 19.5. The number of aryl methyl sites for hydroxylation is 1. The van der Waals surface area contributed by atoms with Crippen LogP contribution in [0.4, 0.5) is 4.39 Å². The molecule has 2 rings (SSSR count). The lowest BCUT2D eigenvalue weighted by Crippen LogP contribution is -2.38. The third kappa shape index (κ3) is 5.85. The molecular weight excluding hydrogens is 406 g/mol. The van der Waals surface area contributed by atoms with Crippen LogP contribution in [0.3, 0.4) is 0 Å². The summed E-state index contributed by atoms with van der Waals surface area (Å²) in [6.07, 6.45) is 2.03. The Morgan fingerprint density at radius 3 is 2.52 bits per heavy atom. The van der Waals surface area contributed by atoms with Crippen molar-refractivity contribution < 1.29 is 4.39 Å². The van der Waals surface area contributed by atoms with Crippen molar-refractivity contribution in [1.29, 1.82) is 0 Å². The molecule has 1 aromatic carbocycles. The Morgan fingerprint density at radius 2 is 1.96 bits per heavy atom. The lowest BCUT2D eigenvalue weighted by atomic mass is 10.2. The van der Waals surface area contributed by atoms with E-state index in [1.807, 2.05) is 33.3 Å². The molecule has 0 aliphatic carbocycles. The number of hydrogen-bond donors (Lipinski definition) is 1. The molecule has 0 spiro atoms.